The summed E-state index contributed by atoms with van der Waals surface area (Å²) >= 11 is 0. The molecule has 0 aliphatic carbocycles. The molecule has 18 heavy (non-hydrogen) atoms. The number of aliphatic carboxylic acids is 1. The molecule has 0 amide bonds. The van der Waals surface area contributed by atoms with Gasteiger partial charge in [-0.2, -0.15) is 4.72 Å². The van der Waals surface area contributed by atoms with Crippen LogP contribution in [0.4, 0.5) is 0 Å². The highest BCUT2D eigenvalue weighted by Gasteiger charge is 2.23. The maximum atomic E-state index is 12.0. The predicted molar refractivity (Wildman–Crippen MR) is 68.0 cm³/mol. The van der Waals surface area contributed by atoms with Crippen molar-refractivity contribution in [1.29, 1.82) is 0 Å². The van der Waals surface area contributed by atoms with E-state index in [1.54, 1.807) is 13.0 Å². The summed E-state index contributed by atoms with van der Waals surface area (Å²) in [5.74, 6) is -1.18. The number of nitrogens with one attached hydrogen (secondary N) is 1. The molecule has 6 heteroatoms. The molecule has 0 unspecified atom stereocenters. The number of benzene rings is 1. The first kappa shape index (κ1) is 14.7. The second-order valence-electron chi connectivity index (χ2n) is 4.17. The van der Waals surface area contributed by atoms with Gasteiger partial charge in [0.15, 0.2) is 0 Å². The maximum Gasteiger partial charge on any atom is 0.321 e. The normalized spacial score (nSPS) is 13.3. The Labute approximate surface area is 107 Å². The third-order valence-electron chi connectivity index (χ3n) is 2.79. The Kier molecular flexibility index (Phi) is 4.48. The summed E-state index contributed by atoms with van der Waals surface area (Å²) in [6, 6.07) is 3.61. The van der Waals surface area contributed by atoms with Gasteiger partial charge >= 0.3 is 5.97 Å². The lowest BCUT2D eigenvalue weighted by Crippen LogP contribution is -2.40. The molecule has 0 aliphatic heterocycles. The fraction of sp³-hybridized carbons (Fsp3) is 0.417. The van der Waals surface area contributed by atoms with E-state index in [4.69, 9.17) is 5.11 Å². The highest BCUT2D eigenvalue weighted by molar-refractivity contribution is 7.89. The number of carboxylic acid groups (broad SMARTS) is 1. The van der Waals surface area contributed by atoms with Gasteiger partial charge in [-0.25, -0.2) is 8.42 Å². The van der Waals surface area contributed by atoms with Crippen molar-refractivity contribution in [2.24, 2.45) is 0 Å². The Bertz CT molecular complexity index is 551. The van der Waals surface area contributed by atoms with Gasteiger partial charge in [0.1, 0.15) is 6.04 Å². The third kappa shape index (κ3) is 3.30. The molecule has 0 radical (unpaired) electrons. The van der Waals surface area contributed by atoms with Crippen LogP contribution in [0.1, 0.15) is 24.5 Å². The van der Waals surface area contributed by atoms with E-state index in [0.29, 0.717) is 0 Å². The summed E-state index contributed by atoms with van der Waals surface area (Å²) in [5, 5.41) is 8.86. The molecule has 0 bridgehead atoms. The first-order valence-electron chi connectivity index (χ1n) is 5.60. The van der Waals surface area contributed by atoms with Gasteiger partial charge in [-0.15, -0.1) is 0 Å². The lowest BCUT2D eigenvalue weighted by Gasteiger charge is -2.13. The van der Waals surface area contributed by atoms with E-state index in [1.807, 2.05) is 13.8 Å². The number of hydrogen-bond acceptors (Lipinski definition) is 3. The molecule has 100 valence electrons. The first-order chi connectivity index (χ1) is 8.27. The second kappa shape index (κ2) is 5.49. The van der Waals surface area contributed by atoms with Crippen molar-refractivity contribution in [2.45, 2.75) is 38.1 Å². The van der Waals surface area contributed by atoms with Crippen molar-refractivity contribution in [3.8, 4) is 0 Å². The van der Waals surface area contributed by atoms with Crippen molar-refractivity contribution in [1.82, 2.24) is 4.72 Å². The molecule has 1 rings (SSSR count). The van der Waals surface area contributed by atoms with Crippen LogP contribution in [0, 0.1) is 13.8 Å². The summed E-state index contributed by atoms with van der Waals surface area (Å²) < 4.78 is 26.2. The Morgan fingerprint density at radius 3 is 2.39 bits per heavy atom. The number of sulfonamides is 1. The molecule has 0 saturated heterocycles. The highest BCUT2D eigenvalue weighted by atomic mass is 32.2. The van der Waals surface area contributed by atoms with Gasteiger partial charge in [0.05, 0.1) is 4.90 Å². The number of hydrogen-bond donors (Lipinski definition) is 2. The largest absolute Gasteiger partial charge is 0.480 e. The van der Waals surface area contributed by atoms with Crippen molar-refractivity contribution in [2.75, 3.05) is 0 Å². The molecule has 0 aliphatic rings. The van der Waals surface area contributed by atoms with E-state index in [2.05, 4.69) is 4.72 Å². The Morgan fingerprint density at radius 1 is 1.33 bits per heavy atom. The zero-order chi connectivity index (χ0) is 13.9. The second-order valence-corrected chi connectivity index (χ2v) is 5.88. The smallest absolute Gasteiger partial charge is 0.321 e. The van der Waals surface area contributed by atoms with Gasteiger partial charge < -0.3 is 5.11 Å². The predicted octanol–water partition coefficient (Wildman–Crippen LogP) is 1.44. The van der Waals surface area contributed by atoms with Crippen LogP contribution in [-0.4, -0.2) is 25.5 Å². The van der Waals surface area contributed by atoms with Crippen LogP contribution in [0.5, 0.6) is 0 Å². The number of carboxylic acids is 1. The van der Waals surface area contributed by atoms with Crippen LogP contribution in [0.15, 0.2) is 23.1 Å². The summed E-state index contributed by atoms with van der Waals surface area (Å²) in [6.07, 6.45) is 0.194. The SMILES string of the molecule is CC[C@H](NS(=O)(=O)c1ccc(C)c(C)c1)C(=O)O. The molecular weight excluding hydrogens is 254 g/mol. The summed E-state index contributed by atoms with van der Waals surface area (Å²) in [5.41, 5.74) is 1.83. The van der Waals surface area contributed by atoms with E-state index < -0.39 is 22.0 Å². The molecule has 1 atom stereocenters. The van der Waals surface area contributed by atoms with Gasteiger partial charge in [-0.05, 0) is 43.5 Å². The zero-order valence-corrected chi connectivity index (χ0v) is 11.4. The van der Waals surface area contributed by atoms with Gasteiger partial charge in [-0.3, -0.25) is 4.79 Å². The maximum absolute atomic E-state index is 12.0. The summed E-state index contributed by atoms with van der Waals surface area (Å²) in [7, 11) is -3.79. The fourth-order valence-corrected chi connectivity index (χ4v) is 2.80. The van der Waals surface area contributed by atoms with Crippen molar-refractivity contribution >= 4 is 16.0 Å². The van der Waals surface area contributed by atoms with Crippen LogP contribution < -0.4 is 4.72 Å². The van der Waals surface area contributed by atoms with E-state index in [1.165, 1.54) is 12.1 Å². The van der Waals surface area contributed by atoms with Gasteiger partial charge in [0, 0.05) is 0 Å². The fourth-order valence-electron chi connectivity index (χ4n) is 1.44. The van der Waals surface area contributed by atoms with E-state index >= 15 is 0 Å². The molecule has 1 aromatic rings. The van der Waals surface area contributed by atoms with Crippen molar-refractivity contribution in [3.63, 3.8) is 0 Å². The molecule has 5 nitrogen and oxygen atoms in total. The minimum absolute atomic E-state index is 0.0882. The van der Waals surface area contributed by atoms with Crippen molar-refractivity contribution in [3.05, 3.63) is 29.3 Å². The van der Waals surface area contributed by atoms with Crippen molar-refractivity contribution < 1.29 is 18.3 Å². The highest BCUT2D eigenvalue weighted by Crippen LogP contribution is 2.15. The lowest BCUT2D eigenvalue weighted by atomic mass is 10.1. The molecule has 0 spiro atoms. The molecule has 0 saturated carbocycles. The molecule has 2 N–H and O–H groups in total. The Hall–Kier alpha value is -1.40. The average Bonchev–Trinajstić information content (AvgIpc) is 2.29. The number of rotatable bonds is 5. The van der Waals surface area contributed by atoms with Crippen LogP contribution in [0.3, 0.4) is 0 Å². The van der Waals surface area contributed by atoms with E-state index in [-0.39, 0.29) is 11.3 Å². The molecule has 1 aromatic carbocycles. The van der Waals surface area contributed by atoms with Crippen LogP contribution in [-0.2, 0) is 14.8 Å². The van der Waals surface area contributed by atoms with Gasteiger partial charge in [0.25, 0.3) is 0 Å². The zero-order valence-electron chi connectivity index (χ0n) is 10.6. The molecule has 0 heterocycles. The van der Waals surface area contributed by atoms with Crippen LogP contribution in [0.25, 0.3) is 0 Å². The van der Waals surface area contributed by atoms with E-state index in [0.717, 1.165) is 11.1 Å². The van der Waals surface area contributed by atoms with Gasteiger partial charge in [0.2, 0.25) is 10.0 Å². The lowest BCUT2D eigenvalue weighted by molar-refractivity contribution is -0.139. The average molecular weight is 271 g/mol. The van der Waals surface area contributed by atoms with Crippen LogP contribution in [0.2, 0.25) is 0 Å². The molecule has 0 aromatic heterocycles. The van der Waals surface area contributed by atoms with E-state index in [9.17, 15) is 13.2 Å². The topological polar surface area (TPSA) is 83.5 Å². The molecule has 0 fully saturated rings. The van der Waals surface area contributed by atoms with Crippen LogP contribution >= 0.6 is 0 Å². The molecular formula is C12H17NO4S. The first-order valence-corrected chi connectivity index (χ1v) is 7.08. The minimum Gasteiger partial charge on any atom is -0.480 e. The number of carbonyl (C=O) groups is 1. The quantitative estimate of drug-likeness (QED) is 0.849. The van der Waals surface area contributed by atoms with Gasteiger partial charge in [-0.1, -0.05) is 13.0 Å². The summed E-state index contributed by atoms with van der Waals surface area (Å²) in [4.78, 5) is 10.9. The number of aryl methyl sites for hydroxylation is 2. The Morgan fingerprint density at radius 2 is 1.94 bits per heavy atom. The Balaban J connectivity index is 3.06. The standard InChI is InChI=1S/C12H17NO4S/c1-4-11(12(14)15)13-18(16,17)10-6-5-8(2)9(3)7-10/h5-7,11,13H,4H2,1-3H3,(H,14,15)/t11-/m0/s1. The summed E-state index contributed by atoms with van der Waals surface area (Å²) in [6.45, 7) is 5.30. The third-order valence-corrected chi connectivity index (χ3v) is 4.26. The monoisotopic (exact) mass is 271 g/mol. The minimum atomic E-state index is -3.79.